The van der Waals surface area contributed by atoms with Gasteiger partial charge in [-0.05, 0) is 37.0 Å². The molecule has 19 heavy (non-hydrogen) atoms. The highest BCUT2D eigenvalue weighted by molar-refractivity contribution is 5.92. The van der Waals surface area contributed by atoms with Gasteiger partial charge in [0.05, 0.1) is 13.2 Å². The van der Waals surface area contributed by atoms with Crippen molar-refractivity contribution in [3.05, 3.63) is 29.3 Å². The molecule has 1 aromatic rings. The van der Waals surface area contributed by atoms with Gasteiger partial charge in [-0.2, -0.15) is 0 Å². The normalized spacial score (nSPS) is 10.6. The fraction of sp³-hybridized carbons (Fsp3) is 0.562. The van der Waals surface area contributed by atoms with E-state index in [2.05, 4.69) is 20.8 Å². The third-order valence-electron chi connectivity index (χ3n) is 2.65. The predicted molar refractivity (Wildman–Crippen MR) is 76.7 cm³/mol. The molecule has 0 radical (unpaired) electrons. The number of esters is 1. The van der Waals surface area contributed by atoms with Crippen LogP contribution < -0.4 is 4.74 Å². The molecule has 0 amide bonds. The number of aryl methyl sites for hydroxylation is 1. The lowest BCUT2D eigenvalue weighted by atomic mass is 10.1. The summed E-state index contributed by atoms with van der Waals surface area (Å²) in [6.45, 7) is 9.08. The highest BCUT2D eigenvalue weighted by Crippen LogP contribution is 2.23. The summed E-state index contributed by atoms with van der Waals surface area (Å²) < 4.78 is 10.8. The molecule has 3 nitrogen and oxygen atoms in total. The van der Waals surface area contributed by atoms with E-state index in [4.69, 9.17) is 9.47 Å². The van der Waals surface area contributed by atoms with Crippen molar-refractivity contribution in [3.8, 4) is 5.75 Å². The van der Waals surface area contributed by atoms with Crippen molar-refractivity contribution in [2.75, 3.05) is 13.2 Å². The van der Waals surface area contributed by atoms with Crippen LogP contribution in [0, 0.1) is 5.92 Å². The maximum absolute atomic E-state index is 11.9. The van der Waals surface area contributed by atoms with Crippen molar-refractivity contribution in [2.45, 2.75) is 40.5 Å². The minimum Gasteiger partial charge on any atom is -0.492 e. The number of carbonyl (C=O) groups excluding carboxylic acids is 1. The Morgan fingerprint density at radius 2 is 2.00 bits per heavy atom. The van der Waals surface area contributed by atoms with Gasteiger partial charge in [0.2, 0.25) is 0 Å². The Bertz CT molecular complexity index is 410. The van der Waals surface area contributed by atoms with Gasteiger partial charge >= 0.3 is 5.97 Å². The van der Waals surface area contributed by atoms with Crippen LogP contribution in [0.25, 0.3) is 0 Å². The van der Waals surface area contributed by atoms with Gasteiger partial charge in [0, 0.05) is 0 Å². The molecule has 106 valence electrons. The molecule has 0 aliphatic rings. The zero-order valence-corrected chi connectivity index (χ0v) is 12.4. The Balaban J connectivity index is 2.96. The van der Waals surface area contributed by atoms with Crippen LogP contribution in [0.1, 0.15) is 50.0 Å². The van der Waals surface area contributed by atoms with Crippen molar-refractivity contribution in [3.63, 3.8) is 0 Å². The second-order valence-corrected chi connectivity index (χ2v) is 5.01. The first kappa shape index (κ1) is 15.5. The van der Waals surface area contributed by atoms with Gasteiger partial charge in [-0.25, -0.2) is 4.79 Å². The predicted octanol–water partition coefficient (Wildman–Crippen LogP) is 3.85. The lowest BCUT2D eigenvalue weighted by Crippen LogP contribution is -2.11. The molecule has 1 aromatic carbocycles. The number of hydrogen-bond donors (Lipinski definition) is 0. The van der Waals surface area contributed by atoms with Gasteiger partial charge in [0.25, 0.3) is 0 Å². The number of rotatable bonds is 7. The smallest absolute Gasteiger partial charge is 0.341 e. The molecule has 3 heteroatoms. The maximum Gasteiger partial charge on any atom is 0.341 e. The molecule has 0 saturated heterocycles. The molecule has 0 heterocycles. The summed E-state index contributed by atoms with van der Waals surface area (Å²) in [6, 6.07) is 5.73. The Kier molecular flexibility index (Phi) is 6.40. The lowest BCUT2D eigenvalue weighted by molar-refractivity contribution is 0.0521. The minimum atomic E-state index is -0.315. The number of hydrogen-bond acceptors (Lipinski definition) is 3. The van der Waals surface area contributed by atoms with E-state index >= 15 is 0 Å². The Morgan fingerprint density at radius 1 is 1.26 bits per heavy atom. The van der Waals surface area contributed by atoms with E-state index < -0.39 is 0 Å². The maximum atomic E-state index is 11.9. The quantitative estimate of drug-likeness (QED) is 0.702. The van der Waals surface area contributed by atoms with E-state index in [-0.39, 0.29) is 5.97 Å². The van der Waals surface area contributed by atoms with Crippen LogP contribution >= 0.6 is 0 Å². The van der Waals surface area contributed by atoms with Gasteiger partial charge in [0.15, 0.2) is 0 Å². The highest BCUT2D eigenvalue weighted by atomic mass is 16.5. The number of ether oxygens (including phenoxy) is 2. The summed E-state index contributed by atoms with van der Waals surface area (Å²) in [5.41, 5.74) is 1.71. The summed E-state index contributed by atoms with van der Waals surface area (Å²) in [5, 5.41) is 0. The lowest BCUT2D eigenvalue weighted by Gasteiger charge is -2.14. The Labute approximate surface area is 115 Å². The van der Waals surface area contributed by atoms with Gasteiger partial charge in [0.1, 0.15) is 11.3 Å². The fourth-order valence-corrected chi connectivity index (χ4v) is 1.76. The standard InChI is InChI=1S/C16H24O3/c1-5-7-13-8-9-14(16(17)18-6-2)15(10-13)19-11-12(3)4/h8-10,12H,5-7,11H2,1-4H3. The monoisotopic (exact) mass is 264 g/mol. The van der Waals surface area contributed by atoms with Crippen molar-refractivity contribution in [1.82, 2.24) is 0 Å². The number of carbonyl (C=O) groups is 1. The molecule has 1 rings (SSSR count). The van der Waals surface area contributed by atoms with Crippen molar-refractivity contribution >= 4 is 5.97 Å². The van der Waals surface area contributed by atoms with Crippen LogP contribution in [0.2, 0.25) is 0 Å². The van der Waals surface area contributed by atoms with E-state index in [1.54, 1.807) is 13.0 Å². The second kappa shape index (κ2) is 7.82. The molecule has 0 spiro atoms. The van der Waals surface area contributed by atoms with E-state index in [1.807, 2.05) is 12.1 Å². The fourth-order valence-electron chi connectivity index (χ4n) is 1.76. The van der Waals surface area contributed by atoms with Gasteiger partial charge < -0.3 is 9.47 Å². The Hall–Kier alpha value is -1.51. The molecule has 0 atom stereocenters. The van der Waals surface area contributed by atoms with E-state index in [0.717, 1.165) is 12.8 Å². The highest BCUT2D eigenvalue weighted by Gasteiger charge is 2.14. The molecular formula is C16H24O3. The summed E-state index contributed by atoms with van der Waals surface area (Å²) in [4.78, 5) is 11.9. The molecule has 0 saturated carbocycles. The largest absolute Gasteiger partial charge is 0.492 e. The second-order valence-electron chi connectivity index (χ2n) is 5.01. The average Bonchev–Trinajstić information content (AvgIpc) is 2.37. The zero-order chi connectivity index (χ0) is 14.3. The molecular weight excluding hydrogens is 240 g/mol. The first-order valence-electron chi connectivity index (χ1n) is 7.01. The van der Waals surface area contributed by atoms with Crippen LogP contribution in [-0.4, -0.2) is 19.2 Å². The van der Waals surface area contributed by atoms with E-state index in [9.17, 15) is 4.79 Å². The van der Waals surface area contributed by atoms with Gasteiger partial charge in [-0.1, -0.05) is 33.3 Å². The SMILES string of the molecule is CCCc1ccc(C(=O)OCC)c(OCC(C)C)c1. The first-order valence-corrected chi connectivity index (χ1v) is 7.01. The van der Waals surface area contributed by atoms with E-state index in [0.29, 0.717) is 30.4 Å². The number of benzene rings is 1. The molecule has 0 unspecified atom stereocenters. The molecule has 0 bridgehead atoms. The summed E-state index contributed by atoms with van der Waals surface area (Å²) >= 11 is 0. The van der Waals surface area contributed by atoms with Gasteiger partial charge in [-0.15, -0.1) is 0 Å². The average molecular weight is 264 g/mol. The third kappa shape index (κ3) is 4.93. The molecule has 0 N–H and O–H groups in total. The van der Waals surface area contributed by atoms with Gasteiger partial charge in [-0.3, -0.25) is 0 Å². The van der Waals surface area contributed by atoms with Crippen LogP contribution in [0.5, 0.6) is 5.75 Å². The molecule has 0 aliphatic carbocycles. The molecule has 0 fully saturated rings. The minimum absolute atomic E-state index is 0.315. The van der Waals surface area contributed by atoms with Crippen molar-refractivity contribution < 1.29 is 14.3 Å². The van der Waals surface area contributed by atoms with Crippen LogP contribution in [-0.2, 0) is 11.2 Å². The van der Waals surface area contributed by atoms with Crippen LogP contribution in [0.15, 0.2) is 18.2 Å². The molecule has 0 aromatic heterocycles. The van der Waals surface area contributed by atoms with E-state index in [1.165, 1.54) is 5.56 Å². The summed E-state index contributed by atoms with van der Waals surface area (Å²) in [5.74, 6) is 0.743. The first-order chi connectivity index (χ1) is 9.08. The molecule has 0 aliphatic heterocycles. The van der Waals surface area contributed by atoms with Crippen molar-refractivity contribution in [2.24, 2.45) is 5.92 Å². The zero-order valence-electron chi connectivity index (χ0n) is 12.4. The Morgan fingerprint density at radius 3 is 2.58 bits per heavy atom. The van der Waals surface area contributed by atoms with Crippen LogP contribution in [0.4, 0.5) is 0 Å². The van der Waals surface area contributed by atoms with Crippen LogP contribution in [0.3, 0.4) is 0 Å². The summed E-state index contributed by atoms with van der Waals surface area (Å²) in [6.07, 6.45) is 2.06. The third-order valence-corrected chi connectivity index (χ3v) is 2.65. The van der Waals surface area contributed by atoms with Crippen molar-refractivity contribution in [1.29, 1.82) is 0 Å². The topological polar surface area (TPSA) is 35.5 Å². The summed E-state index contributed by atoms with van der Waals surface area (Å²) in [7, 11) is 0.